The Kier molecular flexibility index (Phi) is 5.36. The van der Waals surface area contributed by atoms with Crippen molar-refractivity contribution in [3.05, 3.63) is 41.7 Å². The summed E-state index contributed by atoms with van der Waals surface area (Å²) in [7, 11) is 1.39. The van der Waals surface area contributed by atoms with Crippen LogP contribution in [0.25, 0.3) is 0 Å². The van der Waals surface area contributed by atoms with Gasteiger partial charge < -0.3 is 9.47 Å². The van der Waals surface area contributed by atoms with Gasteiger partial charge in [0.25, 0.3) is 0 Å². The van der Waals surface area contributed by atoms with Crippen molar-refractivity contribution in [1.82, 2.24) is 0 Å². The largest absolute Gasteiger partial charge is 0.464 e. The third kappa shape index (κ3) is 3.62. The van der Waals surface area contributed by atoms with Crippen LogP contribution in [-0.2, 0) is 14.3 Å². The van der Waals surface area contributed by atoms with Crippen LogP contribution >= 0.6 is 0 Å². The molecular formula is C14H15F3O3. The normalized spacial score (nSPS) is 20.6. The first-order valence-electron chi connectivity index (χ1n) is 5.89. The van der Waals surface area contributed by atoms with E-state index in [4.69, 9.17) is 9.47 Å². The second-order valence-corrected chi connectivity index (χ2v) is 4.16. The number of alkyl halides is 3. The van der Waals surface area contributed by atoms with E-state index >= 15 is 0 Å². The molecule has 1 rings (SSSR count). The highest BCUT2D eigenvalue weighted by molar-refractivity contribution is 5.64. The lowest BCUT2D eigenvalue weighted by atomic mass is 9.83. The minimum absolute atomic E-state index is 0.0298. The number of hydrogen-bond acceptors (Lipinski definition) is 3. The van der Waals surface area contributed by atoms with Crippen LogP contribution in [-0.4, -0.2) is 25.5 Å². The van der Waals surface area contributed by atoms with Crippen molar-refractivity contribution in [3.8, 4) is 0 Å². The lowest BCUT2D eigenvalue weighted by Crippen LogP contribution is -2.26. The summed E-state index contributed by atoms with van der Waals surface area (Å²) in [5, 5.41) is 0. The first-order valence-corrected chi connectivity index (χ1v) is 5.89. The summed E-state index contributed by atoms with van der Waals surface area (Å²) in [6.45, 7) is 4.98. The first kappa shape index (κ1) is 16.3. The molecule has 110 valence electrons. The van der Waals surface area contributed by atoms with Gasteiger partial charge in [0.15, 0.2) is 6.29 Å². The molecule has 6 heteroatoms. The van der Waals surface area contributed by atoms with Crippen LogP contribution in [0.5, 0.6) is 0 Å². The number of rotatable bonds is 5. The molecule has 2 atom stereocenters. The van der Waals surface area contributed by atoms with Crippen molar-refractivity contribution in [2.45, 2.75) is 25.8 Å². The average molecular weight is 288 g/mol. The summed E-state index contributed by atoms with van der Waals surface area (Å²) in [4.78, 5) is 11.0. The summed E-state index contributed by atoms with van der Waals surface area (Å²) in [6, 6.07) is 0. The Morgan fingerprint density at radius 3 is 2.60 bits per heavy atom. The molecule has 1 aliphatic carbocycles. The zero-order valence-corrected chi connectivity index (χ0v) is 11.2. The number of halogens is 3. The van der Waals surface area contributed by atoms with Crippen LogP contribution in [0.2, 0.25) is 0 Å². The van der Waals surface area contributed by atoms with Crippen LogP contribution in [0.3, 0.4) is 0 Å². The summed E-state index contributed by atoms with van der Waals surface area (Å²) in [5.74, 6) is 0.428. The fourth-order valence-corrected chi connectivity index (χ4v) is 1.85. The maximum absolute atomic E-state index is 12.9. The Labute approximate surface area is 115 Å². The standard InChI is InChI=1S/C14H15F3O3/c1-4-5-10-11(8-18)13(20-9(2)19-3)7-6-12(10)14(15,16)17/h4,6-7,9-10H,1,5H2,2-3H3. The van der Waals surface area contributed by atoms with E-state index in [1.807, 2.05) is 0 Å². The van der Waals surface area contributed by atoms with Crippen LogP contribution in [0, 0.1) is 5.92 Å². The number of ether oxygens (including phenoxy) is 2. The van der Waals surface area contributed by atoms with Crippen molar-refractivity contribution in [3.63, 3.8) is 0 Å². The maximum Gasteiger partial charge on any atom is 0.413 e. The van der Waals surface area contributed by atoms with E-state index in [-0.39, 0.29) is 17.8 Å². The smallest absolute Gasteiger partial charge is 0.413 e. The summed E-state index contributed by atoms with van der Waals surface area (Å²) < 4.78 is 49.0. The summed E-state index contributed by atoms with van der Waals surface area (Å²) in [5.41, 5.74) is -0.989. The van der Waals surface area contributed by atoms with E-state index < -0.39 is 24.0 Å². The van der Waals surface area contributed by atoms with Crippen LogP contribution in [0.15, 0.2) is 41.7 Å². The van der Waals surface area contributed by atoms with Crippen LogP contribution in [0.1, 0.15) is 13.3 Å². The first-order chi connectivity index (χ1) is 9.35. The Balaban J connectivity index is 3.22. The third-order valence-electron chi connectivity index (χ3n) is 2.87. The third-order valence-corrected chi connectivity index (χ3v) is 2.87. The van der Waals surface area contributed by atoms with Gasteiger partial charge in [-0.2, -0.15) is 13.2 Å². The van der Waals surface area contributed by atoms with E-state index in [1.54, 1.807) is 12.9 Å². The quantitative estimate of drug-likeness (QED) is 0.442. The lowest BCUT2D eigenvalue weighted by Gasteiger charge is -2.27. The summed E-state index contributed by atoms with van der Waals surface area (Å²) in [6.07, 6.45) is -1.90. The van der Waals surface area contributed by atoms with Gasteiger partial charge in [0.1, 0.15) is 11.7 Å². The molecule has 3 nitrogen and oxygen atoms in total. The highest BCUT2D eigenvalue weighted by Gasteiger charge is 2.42. The van der Waals surface area contributed by atoms with Crippen molar-refractivity contribution in [2.24, 2.45) is 5.92 Å². The van der Waals surface area contributed by atoms with Crippen molar-refractivity contribution < 1.29 is 27.4 Å². The molecule has 0 N–H and O–H groups in total. The topological polar surface area (TPSA) is 35.5 Å². The zero-order chi connectivity index (χ0) is 15.3. The zero-order valence-electron chi connectivity index (χ0n) is 11.2. The van der Waals surface area contributed by atoms with Crippen LogP contribution < -0.4 is 0 Å². The van der Waals surface area contributed by atoms with Gasteiger partial charge in [-0.05, 0) is 25.5 Å². The number of carbonyl (C=O) groups excluding carboxylic acids is 1. The second kappa shape index (κ2) is 6.59. The molecule has 0 radical (unpaired) electrons. The Morgan fingerprint density at radius 1 is 1.50 bits per heavy atom. The van der Waals surface area contributed by atoms with Gasteiger partial charge in [-0.25, -0.2) is 4.79 Å². The molecule has 0 aromatic carbocycles. The number of hydrogen-bond donors (Lipinski definition) is 0. The van der Waals surface area contributed by atoms with Crippen molar-refractivity contribution in [2.75, 3.05) is 7.11 Å². The number of allylic oxidation sites excluding steroid dienone is 5. The Bertz CT molecular complexity index is 482. The molecule has 1 aliphatic rings. The van der Waals surface area contributed by atoms with Gasteiger partial charge in [0.05, 0.1) is 5.57 Å². The van der Waals surface area contributed by atoms with Gasteiger partial charge in [0.2, 0.25) is 0 Å². The van der Waals surface area contributed by atoms with Gasteiger partial charge in [-0.3, -0.25) is 0 Å². The van der Waals surface area contributed by atoms with E-state index in [0.29, 0.717) is 0 Å². The molecule has 0 spiro atoms. The van der Waals surface area contributed by atoms with Gasteiger partial charge in [0, 0.05) is 18.6 Å². The van der Waals surface area contributed by atoms with Crippen molar-refractivity contribution in [1.29, 1.82) is 0 Å². The molecule has 0 saturated heterocycles. The molecule has 0 aromatic rings. The minimum atomic E-state index is -4.52. The Morgan fingerprint density at radius 2 is 2.15 bits per heavy atom. The lowest BCUT2D eigenvalue weighted by molar-refractivity contribution is -0.0994. The maximum atomic E-state index is 12.9. The van der Waals surface area contributed by atoms with Gasteiger partial charge in [-0.15, -0.1) is 6.58 Å². The molecule has 0 heterocycles. The predicted molar refractivity (Wildman–Crippen MR) is 67.3 cm³/mol. The minimum Gasteiger partial charge on any atom is -0.464 e. The van der Waals surface area contributed by atoms with Crippen LogP contribution in [0.4, 0.5) is 13.2 Å². The highest BCUT2D eigenvalue weighted by Crippen LogP contribution is 2.41. The van der Waals surface area contributed by atoms with E-state index in [9.17, 15) is 18.0 Å². The molecule has 0 saturated carbocycles. The molecule has 2 unspecified atom stereocenters. The van der Waals surface area contributed by atoms with Gasteiger partial charge in [-0.1, -0.05) is 6.08 Å². The van der Waals surface area contributed by atoms with Gasteiger partial charge >= 0.3 is 6.18 Å². The molecule has 0 aliphatic heterocycles. The van der Waals surface area contributed by atoms with Crippen molar-refractivity contribution >= 4 is 5.94 Å². The molecular weight excluding hydrogens is 273 g/mol. The fraction of sp³-hybridized carbons (Fsp3) is 0.429. The number of methoxy groups -OCH3 is 1. The molecule has 0 fully saturated rings. The average Bonchev–Trinajstić information content (AvgIpc) is 2.37. The molecule has 0 bridgehead atoms. The SMILES string of the molecule is C=CCC1C(=C=O)C(OC(C)OC)=CC=C1C(F)(F)F. The molecule has 20 heavy (non-hydrogen) atoms. The monoisotopic (exact) mass is 288 g/mol. The fourth-order valence-electron chi connectivity index (χ4n) is 1.85. The van der Waals surface area contributed by atoms with E-state index in [1.165, 1.54) is 13.2 Å². The summed E-state index contributed by atoms with van der Waals surface area (Å²) >= 11 is 0. The highest BCUT2D eigenvalue weighted by atomic mass is 19.4. The Hall–Kier alpha value is -1.78. The van der Waals surface area contributed by atoms with E-state index in [2.05, 4.69) is 6.58 Å². The van der Waals surface area contributed by atoms with E-state index in [0.717, 1.165) is 12.2 Å². The predicted octanol–water partition coefficient (Wildman–Crippen LogP) is 3.33. The molecule has 0 aromatic heterocycles. The molecule has 0 amide bonds. The second-order valence-electron chi connectivity index (χ2n) is 4.16.